The minimum Gasteiger partial charge on any atom is -0.307 e. The third-order valence-electron chi connectivity index (χ3n) is 2.61. The van der Waals surface area contributed by atoms with Crippen LogP contribution in [-0.2, 0) is 0 Å². The van der Waals surface area contributed by atoms with Crippen molar-refractivity contribution in [2.24, 2.45) is 0 Å². The zero-order chi connectivity index (χ0) is 16.3. The van der Waals surface area contributed by atoms with Gasteiger partial charge in [-0.1, -0.05) is 11.6 Å². The fourth-order valence-electron chi connectivity index (χ4n) is 1.55. The molecule has 0 atom stereocenters. The van der Waals surface area contributed by atoms with Gasteiger partial charge < -0.3 is 5.32 Å². The normalized spacial score (nSPS) is 10.0. The molecule has 1 aromatic carbocycles. The lowest BCUT2D eigenvalue weighted by Gasteiger charge is -2.05. The standard InChI is InChI=1S/C12H7ClN4O5/c13-10-3-1-7(16(19)20)5-9(10)12(18)15-11-4-2-8(6-14-11)17(21)22/h1-6H,(H,14,15,18). The van der Waals surface area contributed by atoms with Gasteiger partial charge in [0.2, 0.25) is 0 Å². The number of amides is 1. The van der Waals surface area contributed by atoms with E-state index in [-0.39, 0.29) is 27.8 Å². The predicted octanol–water partition coefficient (Wildman–Crippen LogP) is 2.80. The summed E-state index contributed by atoms with van der Waals surface area (Å²) in [7, 11) is 0. The van der Waals surface area contributed by atoms with Crippen LogP contribution in [-0.4, -0.2) is 20.7 Å². The van der Waals surface area contributed by atoms with E-state index in [0.29, 0.717) is 0 Å². The molecule has 0 fully saturated rings. The molecule has 10 heteroatoms. The van der Waals surface area contributed by atoms with Gasteiger partial charge >= 0.3 is 0 Å². The average molecular weight is 323 g/mol. The number of non-ortho nitro benzene ring substituents is 1. The summed E-state index contributed by atoms with van der Waals surface area (Å²) in [4.78, 5) is 35.7. The van der Waals surface area contributed by atoms with Gasteiger partial charge in [-0.05, 0) is 12.1 Å². The summed E-state index contributed by atoms with van der Waals surface area (Å²) in [6.07, 6.45) is 0.977. The van der Waals surface area contributed by atoms with E-state index in [4.69, 9.17) is 11.6 Å². The van der Waals surface area contributed by atoms with Gasteiger partial charge in [-0.15, -0.1) is 0 Å². The van der Waals surface area contributed by atoms with E-state index in [1.54, 1.807) is 0 Å². The van der Waals surface area contributed by atoms with Crippen molar-refractivity contribution in [3.8, 4) is 0 Å². The number of benzene rings is 1. The number of hydrogen-bond donors (Lipinski definition) is 1. The molecule has 1 amide bonds. The van der Waals surface area contributed by atoms with Crippen molar-refractivity contribution in [1.29, 1.82) is 0 Å². The highest BCUT2D eigenvalue weighted by atomic mass is 35.5. The number of pyridine rings is 1. The number of nitro groups is 2. The number of hydrogen-bond acceptors (Lipinski definition) is 6. The topological polar surface area (TPSA) is 128 Å². The highest BCUT2D eigenvalue weighted by Gasteiger charge is 2.16. The Bertz CT molecular complexity index is 763. The van der Waals surface area contributed by atoms with E-state index in [9.17, 15) is 25.0 Å². The number of nitrogens with one attached hydrogen (secondary N) is 1. The summed E-state index contributed by atoms with van der Waals surface area (Å²) in [5.41, 5.74) is -0.617. The first kappa shape index (κ1) is 15.3. The number of aromatic nitrogens is 1. The molecule has 0 aliphatic rings. The second-order valence-electron chi connectivity index (χ2n) is 4.03. The van der Waals surface area contributed by atoms with Crippen LogP contribution in [0.1, 0.15) is 10.4 Å². The summed E-state index contributed by atoms with van der Waals surface area (Å²) < 4.78 is 0. The largest absolute Gasteiger partial charge is 0.307 e. The number of carbonyl (C=O) groups is 1. The van der Waals surface area contributed by atoms with E-state index in [2.05, 4.69) is 10.3 Å². The monoisotopic (exact) mass is 322 g/mol. The van der Waals surface area contributed by atoms with Gasteiger partial charge in [0.1, 0.15) is 12.0 Å². The minimum atomic E-state index is -0.713. The van der Waals surface area contributed by atoms with Gasteiger partial charge in [0.25, 0.3) is 17.3 Å². The fourth-order valence-corrected chi connectivity index (χ4v) is 1.76. The molecule has 0 unspecified atom stereocenters. The molecule has 0 saturated carbocycles. The lowest BCUT2D eigenvalue weighted by atomic mass is 10.2. The number of rotatable bonds is 4. The van der Waals surface area contributed by atoms with Crippen LogP contribution >= 0.6 is 11.6 Å². The van der Waals surface area contributed by atoms with Crippen LogP contribution in [0.4, 0.5) is 17.2 Å². The Balaban J connectivity index is 2.23. The molecule has 0 radical (unpaired) electrons. The Kier molecular flexibility index (Phi) is 4.28. The molecule has 1 heterocycles. The summed E-state index contributed by atoms with van der Waals surface area (Å²) in [6, 6.07) is 5.84. The molecule has 22 heavy (non-hydrogen) atoms. The van der Waals surface area contributed by atoms with Gasteiger partial charge in [0, 0.05) is 18.2 Å². The maximum absolute atomic E-state index is 12.0. The van der Waals surface area contributed by atoms with Crippen molar-refractivity contribution in [3.63, 3.8) is 0 Å². The molecule has 0 saturated heterocycles. The second-order valence-corrected chi connectivity index (χ2v) is 4.44. The first-order chi connectivity index (χ1) is 10.4. The van der Waals surface area contributed by atoms with Crippen LogP contribution in [0.5, 0.6) is 0 Å². The summed E-state index contributed by atoms with van der Waals surface area (Å²) in [5, 5.41) is 23.6. The van der Waals surface area contributed by atoms with Crippen molar-refractivity contribution in [2.75, 3.05) is 5.32 Å². The third kappa shape index (κ3) is 3.33. The smallest absolute Gasteiger partial charge is 0.287 e. The van der Waals surface area contributed by atoms with Crippen molar-refractivity contribution in [1.82, 2.24) is 4.98 Å². The number of nitrogens with zero attached hydrogens (tertiary/aromatic N) is 3. The summed E-state index contributed by atoms with van der Waals surface area (Å²) in [5.74, 6) is -0.659. The lowest BCUT2D eigenvalue weighted by molar-refractivity contribution is -0.385. The van der Waals surface area contributed by atoms with Crippen molar-refractivity contribution < 1.29 is 14.6 Å². The average Bonchev–Trinajstić information content (AvgIpc) is 2.47. The number of nitro benzene ring substituents is 1. The molecule has 0 aliphatic carbocycles. The Labute approximate surface area is 127 Å². The molecule has 1 N–H and O–H groups in total. The molecule has 2 rings (SSSR count). The van der Waals surface area contributed by atoms with Crippen LogP contribution < -0.4 is 5.32 Å². The first-order valence-electron chi connectivity index (χ1n) is 5.74. The molecule has 1 aromatic heterocycles. The van der Waals surface area contributed by atoms with Crippen molar-refractivity contribution in [3.05, 3.63) is 67.3 Å². The maximum Gasteiger partial charge on any atom is 0.287 e. The number of halogens is 1. The first-order valence-corrected chi connectivity index (χ1v) is 6.12. The zero-order valence-corrected chi connectivity index (χ0v) is 11.5. The Morgan fingerprint density at radius 3 is 2.27 bits per heavy atom. The highest BCUT2D eigenvalue weighted by Crippen LogP contribution is 2.23. The van der Waals surface area contributed by atoms with Gasteiger partial charge in [-0.3, -0.25) is 25.0 Å². The van der Waals surface area contributed by atoms with E-state index in [1.807, 2.05) is 0 Å². The van der Waals surface area contributed by atoms with Gasteiger partial charge in [-0.2, -0.15) is 0 Å². The summed E-state index contributed by atoms with van der Waals surface area (Å²) >= 11 is 5.84. The highest BCUT2D eigenvalue weighted by molar-refractivity contribution is 6.34. The molecule has 2 aromatic rings. The molecule has 112 valence electrons. The SMILES string of the molecule is O=C(Nc1ccc([N+](=O)[O-])cn1)c1cc([N+](=O)[O-])ccc1Cl. The Morgan fingerprint density at radius 2 is 1.73 bits per heavy atom. The zero-order valence-electron chi connectivity index (χ0n) is 10.7. The minimum absolute atomic E-state index is 0.0324. The molecular formula is C12H7ClN4O5. The van der Waals surface area contributed by atoms with Crippen LogP contribution in [0.25, 0.3) is 0 Å². The second kappa shape index (κ2) is 6.14. The Morgan fingerprint density at radius 1 is 1.09 bits per heavy atom. The lowest BCUT2D eigenvalue weighted by Crippen LogP contribution is -2.13. The van der Waals surface area contributed by atoms with Crippen LogP contribution in [0.15, 0.2) is 36.5 Å². The van der Waals surface area contributed by atoms with E-state index in [1.165, 1.54) is 18.2 Å². The quantitative estimate of drug-likeness (QED) is 0.680. The maximum atomic E-state index is 12.0. The van der Waals surface area contributed by atoms with E-state index in [0.717, 1.165) is 18.3 Å². The van der Waals surface area contributed by atoms with E-state index >= 15 is 0 Å². The van der Waals surface area contributed by atoms with E-state index < -0.39 is 15.8 Å². The molecule has 0 aliphatic heterocycles. The van der Waals surface area contributed by atoms with Gasteiger partial charge in [0.15, 0.2) is 0 Å². The molecule has 9 nitrogen and oxygen atoms in total. The summed E-state index contributed by atoms with van der Waals surface area (Å²) in [6.45, 7) is 0. The predicted molar refractivity (Wildman–Crippen MR) is 77.0 cm³/mol. The number of carbonyl (C=O) groups excluding carboxylic acids is 1. The third-order valence-corrected chi connectivity index (χ3v) is 2.94. The van der Waals surface area contributed by atoms with Gasteiger partial charge in [0.05, 0.1) is 20.4 Å². The van der Waals surface area contributed by atoms with Crippen LogP contribution in [0, 0.1) is 20.2 Å². The molecular weight excluding hydrogens is 316 g/mol. The fraction of sp³-hybridized carbons (Fsp3) is 0. The Hall–Kier alpha value is -3.07. The molecule has 0 spiro atoms. The van der Waals surface area contributed by atoms with Crippen molar-refractivity contribution >= 4 is 34.7 Å². The molecule has 0 bridgehead atoms. The van der Waals surface area contributed by atoms with Crippen LogP contribution in [0.3, 0.4) is 0 Å². The van der Waals surface area contributed by atoms with Crippen molar-refractivity contribution in [2.45, 2.75) is 0 Å². The number of anilines is 1. The van der Waals surface area contributed by atoms with Crippen LogP contribution in [0.2, 0.25) is 5.02 Å². The van der Waals surface area contributed by atoms with Gasteiger partial charge in [-0.25, -0.2) is 4.98 Å².